The first-order valence-electron chi connectivity index (χ1n) is 9.25. The van der Waals surface area contributed by atoms with Crippen molar-refractivity contribution in [2.24, 2.45) is 10.9 Å². The zero-order valence-electron chi connectivity index (χ0n) is 16.8. The minimum Gasteiger partial charge on any atom is -0.496 e. The fourth-order valence-corrected chi connectivity index (χ4v) is 3.95. The standard InChI is InChI=1S/C20H24F3N3O2S/c1-19(2,3)16-11-26(10-12-8-24-9-12)18(29-16)25-17(27)14-7-13(20(21,22)23)5-6-15(14)28-4/h5-7,11-12,24H,8-10H2,1-4H3/b25-18-. The van der Waals surface area contributed by atoms with Gasteiger partial charge in [0.1, 0.15) is 5.75 Å². The Balaban J connectivity index is 2.05. The van der Waals surface area contributed by atoms with Gasteiger partial charge < -0.3 is 14.6 Å². The third-order valence-corrected chi connectivity index (χ3v) is 6.18. The highest BCUT2D eigenvalue weighted by molar-refractivity contribution is 7.09. The Morgan fingerprint density at radius 1 is 1.31 bits per heavy atom. The molecule has 1 saturated heterocycles. The zero-order chi connectivity index (χ0) is 21.4. The minimum absolute atomic E-state index is 0.0640. The minimum atomic E-state index is -4.55. The lowest BCUT2D eigenvalue weighted by Gasteiger charge is -2.27. The molecular weight excluding hydrogens is 403 g/mol. The molecule has 0 unspecified atom stereocenters. The Bertz CT molecular complexity index is 967. The highest BCUT2D eigenvalue weighted by Gasteiger charge is 2.32. The second kappa shape index (κ2) is 7.95. The number of ether oxygens (including phenoxy) is 1. The van der Waals surface area contributed by atoms with E-state index in [-0.39, 0.29) is 16.7 Å². The molecule has 9 heteroatoms. The molecule has 158 valence electrons. The normalized spacial score (nSPS) is 16.0. The van der Waals surface area contributed by atoms with Crippen LogP contribution in [0.25, 0.3) is 0 Å². The summed E-state index contributed by atoms with van der Waals surface area (Å²) in [6.07, 6.45) is -2.57. The lowest BCUT2D eigenvalue weighted by Crippen LogP contribution is -2.45. The smallest absolute Gasteiger partial charge is 0.416 e. The number of carbonyl (C=O) groups is 1. The predicted molar refractivity (Wildman–Crippen MR) is 105 cm³/mol. The van der Waals surface area contributed by atoms with Crippen molar-refractivity contribution in [3.05, 3.63) is 45.2 Å². The van der Waals surface area contributed by atoms with Gasteiger partial charge in [-0.15, -0.1) is 11.3 Å². The number of nitrogens with one attached hydrogen (secondary N) is 1. The van der Waals surface area contributed by atoms with Crippen LogP contribution in [0, 0.1) is 5.92 Å². The summed E-state index contributed by atoms with van der Waals surface area (Å²) in [5, 5.41) is 3.21. The van der Waals surface area contributed by atoms with Crippen LogP contribution < -0.4 is 14.9 Å². The number of rotatable bonds is 4. The van der Waals surface area contributed by atoms with E-state index in [1.807, 2.05) is 10.8 Å². The van der Waals surface area contributed by atoms with E-state index in [0.29, 0.717) is 17.3 Å². The molecule has 5 nitrogen and oxygen atoms in total. The van der Waals surface area contributed by atoms with Crippen LogP contribution in [0.3, 0.4) is 0 Å². The van der Waals surface area contributed by atoms with E-state index in [2.05, 4.69) is 31.1 Å². The molecular formula is C20H24F3N3O2S. The van der Waals surface area contributed by atoms with Gasteiger partial charge in [0.15, 0.2) is 4.80 Å². The van der Waals surface area contributed by atoms with Gasteiger partial charge in [0.25, 0.3) is 5.91 Å². The van der Waals surface area contributed by atoms with Crippen LogP contribution in [0.2, 0.25) is 0 Å². The maximum atomic E-state index is 13.1. The third kappa shape index (κ3) is 4.90. The highest BCUT2D eigenvalue weighted by Crippen LogP contribution is 2.33. The first kappa shape index (κ1) is 21.6. The zero-order valence-corrected chi connectivity index (χ0v) is 17.6. The number of benzene rings is 1. The average molecular weight is 427 g/mol. The fourth-order valence-electron chi connectivity index (χ4n) is 2.90. The molecule has 0 bridgehead atoms. The predicted octanol–water partition coefficient (Wildman–Crippen LogP) is 3.84. The summed E-state index contributed by atoms with van der Waals surface area (Å²) < 4.78 is 46.3. The number of thiazole rings is 1. The average Bonchev–Trinajstić information content (AvgIpc) is 2.99. The number of hydrogen-bond donors (Lipinski definition) is 1. The van der Waals surface area contributed by atoms with Crippen LogP contribution in [0.15, 0.2) is 29.4 Å². The Morgan fingerprint density at radius 3 is 2.52 bits per heavy atom. The third-order valence-electron chi connectivity index (χ3n) is 4.73. The van der Waals surface area contributed by atoms with Gasteiger partial charge in [0, 0.05) is 36.6 Å². The molecule has 1 aromatic carbocycles. The van der Waals surface area contributed by atoms with Crippen molar-refractivity contribution in [1.82, 2.24) is 9.88 Å². The SMILES string of the molecule is COc1ccc(C(F)(F)F)cc1C(=O)/N=c1\sc(C(C)(C)C)cn1CC1CNC1. The molecule has 2 heterocycles. The van der Waals surface area contributed by atoms with Crippen molar-refractivity contribution in [3.63, 3.8) is 0 Å². The van der Waals surface area contributed by atoms with Crippen molar-refractivity contribution in [2.75, 3.05) is 20.2 Å². The lowest BCUT2D eigenvalue weighted by molar-refractivity contribution is -0.137. The molecule has 0 radical (unpaired) electrons. The van der Waals surface area contributed by atoms with Crippen LogP contribution >= 0.6 is 11.3 Å². The number of hydrogen-bond acceptors (Lipinski definition) is 4. The second-order valence-electron chi connectivity index (χ2n) is 8.13. The van der Waals surface area contributed by atoms with Crippen LogP contribution in [0.1, 0.15) is 41.6 Å². The summed E-state index contributed by atoms with van der Waals surface area (Å²) in [7, 11) is 1.31. The Morgan fingerprint density at radius 2 is 2.00 bits per heavy atom. The van der Waals surface area contributed by atoms with E-state index in [1.54, 1.807) is 0 Å². The summed E-state index contributed by atoms with van der Waals surface area (Å²) in [6, 6.07) is 2.83. The molecule has 0 saturated carbocycles. The highest BCUT2D eigenvalue weighted by atomic mass is 32.1. The van der Waals surface area contributed by atoms with Crippen molar-refractivity contribution in [3.8, 4) is 5.75 Å². The van der Waals surface area contributed by atoms with Crippen LogP contribution in [0.4, 0.5) is 13.2 Å². The number of halogens is 3. The molecule has 1 aromatic heterocycles. The van der Waals surface area contributed by atoms with Gasteiger partial charge in [-0.25, -0.2) is 0 Å². The molecule has 1 aliphatic rings. The van der Waals surface area contributed by atoms with Gasteiger partial charge >= 0.3 is 6.18 Å². The van der Waals surface area contributed by atoms with E-state index in [4.69, 9.17) is 4.74 Å². The largest absolute Gasteiger partial charge is 0.496 e. The van der Waals surface area contributed by atoms with Crippen LogP contribution in [-0.2, 0) is 18.1 Å². The van der Waals surface area contributed by atoms with Crippen molar-refractivity contribution < 1.29 is 22.7 Å². The summed E-state index contributed by atoms with van der Waals surface area (Å²) in [6.45, 7) is 8.68. The Hall–Kier alpha value is -2.13. The van der Waals surface area contributed by atoms with Crippen molar-refractivity contribution >= 4 is 17.2 Å². The maximum absolute atomic E-state index is 13.1. The molecule has 1 N–H and O–H groups in total. The molecule has 1 amide bonds. The van der Waals surface area contributed by atoms with Gasteiger partial charge in [-0.2, -0.15) is 18.2 Å². The number of nitrogens with zero attached hydrogens (tertiary/aromatic N) is 2. The van der Waals surface area contributed by atoms with Gasteiger partial charge in [-0.05, 0) is 23.6 Å². The summed E-state index contributed by atoms with van der Waals surface area (Å²) in [5.41, 5.74) is -1.24. The van der Waals surface area contributed by atoms with E-state index < -0.39 is 17.6 Å². The Labute approximate surface area is 171 Å². The number of carbonyl (C=O) groups excluding carboxylic acids is 1. The fraction of sp³-hybridized carbons (Fsp3) is 0.500. The first-order valence-corrected chi connectivity index (χ1v) is 10.1. The molecule has 29 heavy (non-hydrogen) atoms. The van der Waals surface area contributed by atoms with E-state index in [9.17, 15) is 18.0 Å². The van der Waals surface area contributed by atoms with Gasteiger partial charge in [-0.3, -0.25) is 4.79 Å². The monoisotopic (exact) mass is 427 g/mol. The molecule has 0 aliphatic carbocycles. The van der Waals surface area contributed by atoms with Gasteiger partial charge in [-0.1, -0.05) is 20.8 Å². The van der Waals surface area contributed by atoms with E-state index >= 15 is 0 Å². The van der Waals surface area contributed by atoms with Gasteiger partial charge in [0.05, 0.1) is 18.2 Å². The molecule has 1 aliphatic heterocycles. The second-order valence-corrected chi connectivity index (χ2v) is 9.14. The van der Waals surface area contributed by atoms with Crippen molar-refractivity contribution in [2.45, 2.75) is 38.9 Å². The summed E-state index contributed by atoms with van der Waals surface area (Å²) in [4.78, 5) is 18.5. The van der Waals surface area contributed by atoms with Crippen LogP contribution in [0.5, 0.6) is 5.75 Å². The summed E-state index contributed by atoms with van der Waals surface area (Å²) in [5.74, 6) is -0.251. The molecule has 2 aromatic rings. The number of aromatic nitrogens is 1. The van der Waals surface area contributed by atoms with E-state index in [1.165, 1.54) is 18.4 Å². The number of methoxy groups -OCH3 is 1. The molecule has 3 rings (SSSR count). The number of amides is 1. The quantitative estimate of drug-likeness (QED) is 0.807. The molecule has 0 spiro atoms. The van der Waals surface area contributed by atoms with Crippen molar-refractivity contribution in [1.29, 1.82) is 0 Å². The maximum Gasteiger partial charge on any atom is 0.416 e. The Kier molecular flexibility index (Phi) is 5.91. The topological polar surface area (TPSA) is 55.6 Å². The van der Waals surface area contributed by atoms with Gasteiger partial charge in [0.2, 0.25) is 0 Å². The van der Waals surface area contributed by atoms with E-state index in [0.717, 1.165) is 36.2 Å². The number of alkyl halides is 3. The first-order chi connectivity index (χ1) is 13.5. The molecule has 1 fully saturated rings. The summed E-state index contributed by atoms with van der Waals surface area (Å²) >= 11 is 1.38. The lowest BCUT2D eigenvalue weighted by atomic mass is 9.95. The van der Waals surface area contributed by atoms with Crippen LogP contribution in [-0.4, -0.2) is 30.7 Å². The molecule has 0 atom stereocenters.